The van der Waals surface area contributed by atoms with E-state index in [0.29, 0.717) is 25.2 Å². The predicted octanol–water partition coefficient (Wildman–Crippen LogP) is 3.21. The zero-order valence-electron chi connectivity index (χ0n) is 17.3. The summed E-state index contributed by atoms with van der Waals surface area (Å²) in [6.45, 7) is 7.89. The van der Waals surface area contributed by atoms with E-state index in [1.807, 2.05) is 24.3 Å². The van der Waals surface area contributed by atoms with Crippen LogP contribution in [-0.2, 0) is 15.4 Å². The SMILES string of the molecule is CC(C)(C)c1ccc(C(=O)NCC2CCN(S(=O)(=O)c3cccnc3)CC2)cc1. The molecule has 6 nitrogen and oxygen atoms in total. The number of rotatable bonds is 5. The zero-order valence-corrected chi connectivity index (χ0v) is 18.1. The van der Waals surface area contributed by atoms with Crippen LogP contribution in [-0.4, -0.2) is 43.2 Å². The summed E-state index contributed by atoms with van der Waals surface area (Å²) in [4.78, 5) is 16.6. The monoisotopic (exact) mass is 415 g/mol. The summed E-state index contributed by atoms with van der Waals surface area (Å²) in [7, 11) is -3.49. The van der Waals surface area contributed by atoms with Gasteiger partial charge in [0.05, 0.1) is 0 Å². The Balaban J connectivity index is 1.50. The average molecular weight is 416 g/mol. The minimum absolute atomic E-state index is 0.0547. The van der Waals surface area contributed by atoms with Crippen LogP contribution in [0.3, 0.4) is 0 Å². The molecule has 0 saturated carbocycles. The number of piperidine rings is 1. The Hall–Kier alpha value is -2.25. The molecule has 2 aromatic rings. The van der Waals surface area contributed by atoms with Gasteiger partial charge >= 0.3 is 0 Å². The first-order valence-electron chi connectivity index (χ1n) is 9.97. The van der Waals surface area contributed by atoms with Crippen LogP contribution in [0.4, 0.5) is 0 Å². The van der Waals surface area contributed by atoms with Crippen LogP contribution in [0.5, 0.6) is 0 Å². The fourth-order valence-corrected chi connectivity index (χ4v) is 4.90. The normalized spacial score (nSPS) is 16.5. The number of carbonyl (C=O) groups is 1. The third-order valence-electron chi connectivity index (χ3n) is 5.41. The van der Waals surface area contributed by atoms with Gasteiger partial charge in [-0.05, 0) is 54.0 Å². The number of benzene rings is 1. The van der Waals surface area contributed by atoms with E-state index in [1.165, 1.54) is 16.1 Å². The molecule has 1 fully saturated rings. The molecular formula is C22H29N3O3S. The summed E-state index contributed by atoms with van der Waals surface area (Å²) >= 11 is 0. The van der Waals surface area contributed by atoms with E-state index in [0.717, 1.165) is 12.8 Å². The standard InChI is InChI=1S/C22H29N3O3S/c1-22(2,3)19-8-6-18(7-9-19)21(26)24-15-17-10-13-25(14-11-17)29(27,28)20-5-4-12-23-16-20/h4-9,12,16-17H,10-11,13-15H2,1-3H3,(H,24,26). The van der Waals surface area contributed by atoms with Gasteiger partial charge in [-0.1, -0.05) is 32.9 Å². The summed E-state index contributed by atoms with van der Waals surface area (Å²) in [5, 5.41) is 3.00. The van der Waals surface area contributed by atoms with Crippen LogP contribution >= 0.6 is 0 Å². The van der Waals surface area contributed by atoms with Crippen LogP contribution in [0.2, 0.25) is 0 Å². The van der Waals surface area contributed by atoms with E-state index >= 15 is 0 Å². The number of nitrogens with one attached hydrogen (secondary N) is 1. The largest absolute Gasteiger partial charge is 0.352 e. The zero-order chi connectivity index (χ0) is 21.1. The van der Waals surface area contributed by atoms with Gasteiger partial charge in [0, 0.05) is 37.6 Å². The molecular weight excluding hydrogens is 386 g/mol. The number of hydrogen-bond donors (Lipinski definition) is 1. The number of hydrogen-bond acceptors (Lipinski definition) is 4. The van der Waals surface area contributed by atoms with E-state index in [9.17, 15) is 13.2 Å². The topological polar surface area (TPSA) is 79.4 Å². The van der Waals surface area contributed by atoms with E-state index in [2.05, 4.69) is 31.1 Å². The minimum Gasteiger partial charge on any atom is -0.352 e. The number of pyridine rings is 1. The number of amides is 1. The lowest BCUT2D eigenvalue weighted by Crippen LogP contribution is -2.41. The average Bonchev–Trinajstić information content (AvgIpc) is 2.72. The molecule has 1 aromatic carbocycles. The lowest BCUT2D eigenvalue weighted by atomic mass is 9.86. The Morgan fingerprint density at radius 3 is 2.34 bits per heavy atom. The first-order valence-corrected chi connectivity index (χ1v) is 11.4. The molecule has 1 N–H and O–H groups in total. The molecule has 1 amide bonds. The fourth-order valence-electron chi connectivity index (χ4n) is 3.46. The maximum atomic E-state index is 12.7. The molecule has 0 spiro atoms. The van der Waals surface area contributed by atoms with Crippen molar-refractivity contribution < 1.29 is 13.2 Å². The Kier molecular flexibility index (Phi) is 6.39. The summed E-state index contributed by atoms with van der Waals surface area (Å²) < 4.78 is 26.8. The lowest BCUT2D eigenvalue weighted by Gasteiger charge is -2.31. The first kappa shape index (κ1) is 21.5. The Bertz CT molecular complexity index is 928. The number of nitrogens with zero attached hydrogens (tertiary/aromatic N) is 2. The Morgan fingerprint density at radius 2 is 1.79 bits per heavy atom. The van der Waals surface area contributed by atoms with Gasteiger partial charge in [0.25, 0.3) is 5.91 Å². The highest BCUT2D eigenvalue weighted by Gasteiger charge is 2.29. The van der Waals surface area contributed by atoms with Gasteiger partial charge in [0.2, 0.25) is 10.0 Å². The highest BCUT2D eigenvalue weighted by atomic mass is 32.2. The highest BCUT2D eigenvalue weighted by Crippen LogP contribution is 2.24. The van der Waals surface area contributed by atoms with Crippen molar-refractivity contribution in [1.29, 1.82) is 0 Å². The quantitative estimate of drug-likeness (QED) is 0.813. The molecule has 7 heteroatoms. The Labute approximate surface area is 173 Å². The van der Waals surface area contributed by atoms with Gasteiger partial charge < -0.3 is 5.32 Å². The number of aromatic nitrogens is 1. The maximum Gasteiger partial charge on any atom is 0.251 e. The van der Waals surface area contributed by atoms with Crippen LogP contribution in [0, 0.1) is 5.92 Å². The van der Waals surface area contributed by atoms with Crippen molar-refractivity contribution in [1.82, 2.24) is 14.6 Å². The molecule has 29 heavy (non-hydrogen) atoms. The molecule has 3 rings (SSSR count). The molecule has 1 aliphatic heterocycles. The van der Waals surface area contributed by atoms with Crippen LogP contribution in [0.15, 0.2) is 53.7 Å². The van der Waals surface area contributed by atoms with E-state index in [1.54, 1.807) is 18.3 Å². The summed E-state index contributed by atoms with van der Waals surface area (Å²) in [6, 6.07) is 10.9. The van der Waals surface area contributed by atoms with Crippen LogP contribution in [0.1, 0.15) is 49.5 Å². The molecule has 156 valence electrons. The summed E-state index contributed by atoms with van der Waals surface area (Å²) in [5.41, 5.74) is 1.89. The molecule has 0 unspecified atom stereocenters. The van der Waals surface area contributed by atoms with Gasteiger partial charge in [0.15, 0.2) is 0 Å². The summed E-state index contributed by atoms with van der Waals surface area (Å²) in [5.74, 6) is 0.184. The molecule has 1 aromatic heterocycles. The van der Waals surface area contributed by atoms with Crippen molar-refractivity contribution in [2.45, 2.75) is 43.9 Å². The van der Waals surface area contributed by atoms with Crippen molar-refractivity contribution in [2.24, 2.45) is 5.92 Å². The smallest absolute Gasteiger partial charge is 0.251 e. The molecule has 0 aliphatic carbocycles. The second-order valence-corrected chi connectivity index (χ2v) is 10.5. The van der Waals surface area contributed by atoms with Crippen molar-refractivity contribution in [3.63, 3.8) is 0 Å². The number of carbonyl (C=O) groups excluding carboxylic acids is 1. The van der Waals surface area contributed by atoms with Gasteiger partial charge in [-0.15, -0.1) is 0 Å². The molecule has 0 bridgehead atoms. The third-order valence-corrected chi connectivity index (χ3v) is 7.29. The van der Waals surface area contributed by atoms with E-state index < -0.39 is 10.0 Å². The van der Waals surface area contributed by atoms with E-state index in [4.69, 9.17) is 0 Å². The molecule has 1 saturated heterocycles. The van der Waals surface area contributed by atoms with Crippen molar-refractivity contribution >= 4 is 15.9 Å². The molecule has 0 atom stereocenters. The molecule has 1 aliphatic rings. The van der Waals surface area contributed by atoms with Crippen LogP contribution < -0.4 is 5.32 Å². The third kappa shape index (κ3) is 5.22. The van der Waals surface area contributed by atoms with Crippen molar-refractivity contribution in [2.75, 3.05) is 19.6 Å². The molecule has 0 radical (unpaired) electrons. The fraction of sp³-hybridized carbons (Fsp3) is 0.455. The summed E-state index contributed by atoms with van der Waals surface area (Å²) in [6.07, 6.45) is 4.39. The van der Waals surface area contributed by atoms with Crippen molar-refractivity contribution in [3.8, 4) is 0 Å². The second kappa shape index (κ2) is 8.63. The van der Waals surface area contributed by atoms with Gasteiger partial charge in [-0.25, -0.2) is 8.42 Å². The van der Waals surface area contributed by atoms with Gasteiger partial charge in [-0.2, -0.15) is 4.31 Å². The Morgan fingerprint density at radius 1 is 1.14 bits per heavy atom. The van der Waals surface area contributed by atoms with Crippen molar-refractivity contribution in [3.05, 3.63) is 59.9 Å². The number of sulfonamides is 1. The minimum atomic E-state index is -3.49. The molecule has 2 heterocycles. The van der Waals surface area contributed by atoms with Crippen LogP contribution in [0.25, 0.3) is 0 Å². The predicted molar refractivity (Wildman–Crippen MR) is 113 cm³/mol. The second-order valence-electron chi connectivity index (χ2n) is 8.57. The lowest BCUT2D eigenvalue weighted by molar-refractivity contribution is 0.0941. The van der Waals surface area contributed by atoms with Gasteiger partial charge in [-0.3, -0.25) is 9.78 Å². The first-order chi connectivity index (χ1) is 13.7. The maximum absolute atomic E-state index is 12.7. The highest BCUT2D eigenvalue weighted by molar-refractivity contribution is 7.89. The van der Waals surface area contributed by atoms with Gasteiger partial charge in [0.1, 0.15) is 4.90 Å². The van der Waals surface area contributed by atoms with E-state index in [-0.39, 0.29) is 22.1 Å².